The first-order chi connectivity index (χ1) is 8.26. The van der Waals surface area contributed by atoms with E-state index in [0.29, 0.717) is 19.6 Å². The van der Waals surface area contributed by atoms with E-state index in [-0.39, 0.29) is 11.8 Å². The Morgan fingerprint density at radius 3 is 2.65 bits per heavy atom. The average molecular weight is 235 g/mol. The average Bonchev–Trinajstić information content (AvgIpc) is 2.37. The Bertz CT molecular complexity index is 324. The SMILES string of the molecule is CCC(=O)CC(Cc1ccccc1)NCOC. The molecule has 0 saturated carbocycles. The Morgan fingerprint density at radius 2 is 2.06 bits per heavy atom. The van der Waals surface area contributed by atoms with Gasteiger partial charge in [0.15, 0.2) is 0 Å². The van der Waals surface area contributed by atoms with Crippen molar-refractivity contribution in [3.63, 3.8) is 0 Å². The normalized spacial score (nSPS) is 12.4. The molecule has 1 atom stereocenters. The minimum Gasteiger partial charge on any atom is -0.370 e. The molecule has 0 spiro atoms. The van der Waals surface area contributed by atoms with Crippen LogP contribution in [0.4, 0.5) is 0 Å². The molecule has 0 saturated heterocycles. The first-order valence-corrected chi connectivity index (χ1v) is 6.04. The molecular formula is C14H21NO2. The maximum absolute atomic E-state index is 11.5. The number of ether oxygens (including phenoxy) is 1. The van der Waals surface area contributed by atoms with Crippen molar-refractivity contribution in [3.05, 3.63) is 35.9 Å². The van der Waals surface area contributed by atoms with Crippen LogP contribution in [0.2, 0.25) is 0 Å². The molecule has 1 aromatic carbocycles. The Hall–Kier alpha value is -1.19. The summed E-state index contributed by atoms with van der Waals surface area (Å²) in [5, 5.41) is 3.24. The summed E-state index contributed by atoms with van der Waals surface area (Å²) in [5.74, 6) is 0.287. The van der Waals surface area contributed by atoms with Crippen molar-refractivity contribution in [2.24, 2.45) is 0 Å². The third kappa shape index (κ3) is 5.61. The van der Waals surface area contributed by atoms with Gasteiger partial charge in [-0.3, -0.25) is 10.1 Å². The summed E-state index contributed by atoms with van der Waals surface area (Å²) >= 11 is 0. The Balaban J connectivity index is 2.53. The molecule has 3 nitrogen and oxygen atoms in total. The summed E-state index contributed by atoms with van der Waals surface area (Å²) in [6, 6.07) is 10.4. The van der Waals surface area contributed by atoms with Crippen LogP contribution in [0.25, 0.3) is 0 Å². The zero-order valence-corrected chi connectivity index (χ0v) is 10.6. The largest absolute Gasteiger partial charge is 0.370 e. The van der Waals surface area contributed by atoms with Gasteiger partial charge in [-0.25, -0.2) is 0 Å². The second kappa shape index (κ2) is 7.98. The minimum atomic E-state index is 0.157. The molecule has 0 bridgehead atoms. The van der Waals surface area contributed by atoms with E-state index in [9.17, 15) is 4.79 Å². The second-order valence-electron chi connectivity index (χ2n) is 4.12. The smallest absolute Gasteiger partial charge is 0.134 e. The van der Waals surface area contributed by atoms with Crippen molar-refractivity contribution in [1.82, 2.24) is 5.32 Å². The molecule has 0 fully saturated rings. The lowest BCUT2D eigenvalue weighted by molar-refractivity contribution is -0.119. The van der Waals surface area contributed by atoms with Crippen LogP contribution >= 0.6 is 0 Å². The molecule has 1 aromatic rings. The predicted octanol–water partition coefficient (Wildman–Crippen LogP) is 2.16. The molecule has 17 heavy (non-hydrogen) atoms. The molecule has 0 aliphatic rings. The van der Waals surface area contributed by atoms with E-state index >= 15 is 0 Å². The van der Waals surface area contributed by atoms with Gasteiger partial charge in [0.2, 0.25) is 0 Å². The number of carbonyl (C=O) groups is 1. The van der Waals surface area contributed by atoms with Crippen molar-refractivity contribution in [3.8, 4) is 0 Å². The number of carbonyl (C=O) groups excluding carboxylic acids is 1. The van der Waals surface area contributed by atoms with Crippen LogP contribution in [0.1, 0.15) is 25.3 Å². The van der Waals surface area contributed by atoms with Gasteiger partial charge < -0.3 is 4.74 Å². The highest BCUT2D eigenvalue weighted by Gasteiger charge is 2.12. The molecule has 0 aromatic heterocycles. The van der Waals surface area contributed by atoms with Gasteiger partial charge in [0.1, 0.15) is 5.78 Å². The Kier molecular flexibility index (Phi) is 6.51. The van der Waals surface area contributed by atoms with Crippen LogP contribution < -0.4 is 5.32 Å². The maximum Gasteiger partial charge on any atom is 0.134 e. The standard InChI is InChI=1S/C14H21NO2/c1-3-14(16)10-13(15-11-17-2)9-12-7-5-4-6-8-12/h4-8,13,15H,3,9-11H2,1-2H3. The molecular weight excluding hydrogens is 214 g/mol. The van der Waals surface area contributed by atoms with E-state index in [0.717, 1.165) is 6.42 Å². The fraction of sp³-hybridized carbons (Fsp3) is 0.500. The number of nitrogens with one attached hydrogen (secondary N) is 1. The lowest BCUT2D eigenvalue weighted by Crippen LogP contribution is -2.34. The Labute approximate surface area is 103 Å². The van der Waals surface area contributed by atoms with E-state index in [1.807, 2.05) is 25.1 Å². The van der Waals surface area contributed by atoms with Gasteiger partial charge in [-0.2, -0.15) is 0 Å². The van der Waals surface area contributed by atoms with E-state index in [1.165, 1.54) is 5.56 Å². The van der Waals surface area contributed by atoms with E-state index in [4.69, 9.17) is 4.74 Å². The lowest BCUT2D eigenvalue weighted by atomic mass is 10.0. The third-order valence-electron chi connectivity index (χ3n) is 2.71. The number of rotatable bonds is 8. The number of methoxy groups -OCH3 is 1. The van der Waals surface area contributed by atoms with Crippen LogP contribution in [0.3, 0.4) is 0 Å². The fourth-order valence-corrected chi connectivity index (χ4v) is 1.74. The van der Waals surface area contributed by atoms with E-state index in [1.54, 1.807) is 7.11 Å². The van der Waals surface area contributed by atoms with Crippen molar-refractivity contribution >= 4 is 5.78 Å². The molecule has 0 aliphatic heterocycles. The van der Waals surface area contributed by atoms with Crippen LogP contribution in [-0.2, 0) is 16.0 Å². The van der Waals surface area contributed by atoms with Gasteiger partial charge in [0.25, 0.3) is 0 Å². The van der Waals surface area contributed by atoms with Crippen LogP contribution in [-0.4, -0.2) is 25.7 Å². The highest BCUT2D eigenvalue weighted by atomic mass is 16.5. The summed E-state index contributed by atoms with van der Waals surface area (Å²) in [7, 11) is 1.65. The van der Waals surface area contributed by atoms with Crippen molar-refractivity contribution in [2.45, 2.75) is 32.2 Å². The van der Waals surface area contributed by atoms with Gasteiger partial charge in [-0.05, 0) is 12.0 Å². The molecule has 0 heterocycles. The summed E-state index contributed by atoms with van der Waals surface area (Å²) in [4.78, 5) is 11.5. The van der Waals surface area contributed by atoms with Gasteiger partial charge in [-0.1, -0.05) is 37.3 Å². The number of hydrogen-bond acceptors (Lipinski definition) is 3. The molecule has 1 rings (SSSR count). The fourth-order valence-electron chi connectivity index (χ4n) is 1.74. The highest BCUT2D eigenvalue weighted by molar-refractivity contribution is 5.78. The second-order valence-corrected chi connectivity index (χ2v) is 4.12. The molecule has 1 N–H and O–H groups in total. The monoisotopic (exact) mass is 235 g/mol. The van der Waals surface area contributed by atoms with Crippen molar-refractivity contribution in [1.29, 1.82) is 0 Å². The topological polar surface area (TPSA) is 38.3 Å². The van der Waals surface area contributed by atoms with Gasteiger partial charge in [0.05, 0.1) is 6.73 Å². The molecule has 1 unspecified atom stereocenters. The van der Waals surface area contributed by atoms with Crippen LogP contribution in [0, 0.1) is 0 Å². The van der Waals surface area contributed by atoms with Crippen LogP contribution in [0.15, 0.2) is 30.3 Å². The molecule has 0 amide bonds. The summed E-state index contributed by atoms with van der Waals surface area (Å²) in [6.07, 6.45) is 2.02. The first-order valence-electron chi connectivity index (χ1n) is 6.04. The number of benzene rings is 1. The molecule has 3 heteroatoms. The summed E-state index contributed by atoms with van der Waals surface area (Å²) in [6.45, 7) is 2.38. The van der Waals surface area contributed by atoms with Gasteiger partial charge in [-0.15, -0.1) is 0 Å². The van der Waals surface area contributed by atoms with E-state index in [2.05, 4.69) is 17.4 Å². The Morgan fingerprint density at radius 1 is 1.35 bits per heavy atom. The number of Topliss-reactive ketones (excluding diaryl/α,β-unsaturated/α-hetero) is 1. The molecule has 0 aliphatic carbocycles. The van der Waals surface area contributed by atoms with E-state index < -0.39 is 0 Å². The highest BCUT2D eigenvalue weighted by Crippen LogP contribution is 2.07. The maximum atomic E-state index is 11.5. The lowest BCUT2D eigenvalue weighted by Gasteiger charge is -2.17. The van der Waals surface area contributed by atoms with Crippen molar-refractivity contribution in [2.75, 3.05) is 13.8 Å². The number of ketones is 1. The first kappa shape index (κ1) is 13.9. The molecule has 0 radical (unpaired) electrons. The van der Waals surface area contributed by atoms with Crippen molar-refractivity contribution < 1.29 is 9.53 Å². The van der Waals surface area contributed by atoms with Gasteiger partial charge in [0, 0.05) is 26.0 Å². The zero-order chi connectivity index (χ0) is 12.5. The quantitative estimate of drug-likeness (QED) is 0.702. The third-order valence-corrected chi connectivity index (χ3v) is 2.71. The number of hydrogen-bond donors (Lipinski definition) is 1. The minimum absolute atomic E-state index is 0.157. The zero-order valence-electron chi connectivity index (χ0n) is 10.6. The van der Waals surface area contributed by atoms with Crippen LogP contribution in [0.5, 0.6) is 0 Å². The summed E-state index contributed by atoms with van der Waals surface area (Å²) in [5.41, 5.74) is 1.24. The molecule has 94 valence electrons. The predicted molar refractivity (Wildman–Crippen MR) is 68.9 cm³/mol. The van der Waals surface area contributed by atoms with Gasteiger partial charge >= 0.3 is 0 Å². The summed E-state index contributed by atoms with van der Waals surface area (Å²) < 4.78 is 5.00.